The summed E-state index contributed by atoms with van der Waals surface area (Å²) in [6.45, 7) is 3.45. The highest BCUT2D eigenvalue weighted by Crippen LogP contribution is 2.20. The molecule has 0 amide bonds. The topological polar surface area (TPSA) is 17.1 Å². The number of carbonyl (C=O) groups is 1. The van der Waals surface area contributed by atoms with E-state index in [1.807, 2.05) is 0 Å². The zero-order valence-electron chi connectivity index (χ0n) is 8.18. The number of halogens is 2. The van der Waals surface area contributed by atoms with Crippen LogP contribution >= 0.6 is 0 Å². The van der Waals surface area contributed by atoms with E-state index in [1.165, 1.54) is 12.1 Å². The van der Waals surface area contributed by atoms with Crippen molar-refractivity contribution in [3.63, 3.8) is 0 Å². The maximum Gasteiger partial charge on any atom is 0.126 e. The maximum atomic E-state index is 12.8. The highest BCUT2D eigenvalue weighted by atomic mass is 19.1. The molecule has 0 aliphatic carbocycles. The molecule has 0 aromatic heterocycles. The number of carbonyl (C=O) groups excluding carboxylic acids is 1. The van der Waals surface area contributed by atoms with Gasteiger partial charge in [-0.15, -0.1) is 0 Å². The Morgan fingerprint density at radius 3 is 2.14 bits per heavy atom. The molecule has 1 aromatic rings. The first-order valence-corrected chi connectivity index (χ1v) is 4.34. The summed E-state index contributed by atoms with van der Waals surface area (Å²) in [6.07, 6.45) is 1.13. The van der Waals surface area contributed by atoms with Gasteiger partial charge in [-0.25, -0.2) is 8.78 Å². The van der Waals surface area contributed by atoms with Crippen molar-refractivity contribution in [2.24, 2.45) is 5.41 Å². The van der Waals surface area contributed by atoms with Gasteiger partial charge in [0.15, 0.2) is 0 Å². The molecule has 0 aliphatic heterocycles. The molecule has 76 valence electrons. The van der Waals surface area contributed by atoms with Crippen molar-refractivity contribution in [2.75, 3.05) is 0 Å². The fourth-order valence-corrected chi connectivity index (χ4v) is 1.28. The molecular formula is C11H12F2O. The SMILES string of the molecule is CC(C)(C=O)Cc1cc(F)cc(F)c1. The van der Waals surface area contributed by atoms with Gasteiger partial charge in [0.2, 0.25) is 0 Å². The molecule has 0 radical (unpaired) electrons. The Bertz CT molecular complexity index is 325. The summed E-state index contributed by atoms with van der Waals surface area (Å²) in [5, 5.41) is 0. The minimum Gasteiger partial charge on any atom is -0.303 e. The Hall–Kier alpha value is -1.25. The van der Waals surface area contributed by atoms with Crippen molar-refractivity contribution in [2.45, 2.75) is 20.3 Å². The van der Waals surface area contributed by atoms with E-state index in [9.17, 15) is 13.6 Å². The van der Waals surface area contributed by atoms with E-state index < -0.39 is 17.0 Å². The van der Waals surface area contributed by atoms with Crippen LogP contribution < -0.4 is 0 Å². The van der Waals surface area contributed by atoms with Gasteiger partial charge in [-0.1, -0.05) is 13.8 Å². The molecule has 14 heavy (non-hydrogen) atoms. The summed E-state index contributed by atoms with van der Waals surface area (Å²) < 4.78 is 25.6. The second-order valence-electron chi connectivity index (χ2n) is 4.06. The van der Waals surface area contributed by atoms with Gasteiger partial charge in [0.1, 0.15) is 17.9 Å². The van der Waals surface area contributed by atoms with Crippen LogP contribution in [-0.4, -0.2) is 6.29 Å². The third-order valence-corrected chi connectivity index (χ3v) is 1.90. The van der Waals surface area contributed by atoms with Crippen LogP contribution in [0, 0.1) is 17.0 Å². The van der Waals surface area contributed by atoms with Gasteiger partial charge in [-0.2, -0.15) is 0 Å². The Balaban J connectivity index is 2.92. The van der Waals surface area contributed by atoms with E-state index in [4.69, 9.17) is 0 Å². The monoisotopic (exact) mass is 198 g/mol. The van der Waals surface area contributed by atoms with Crippen LogP contribution in [0.3, 0.4) is 0 Å². The van der Waals surface area contributed by atoms with Crippen LogP contribution in [0.1, 0.15) is 19.4 Å². The van der Waals surface area contributed by atoms with E-state index in [-0.39, 0.29) is 0 Å². The predicted molar refractivity (Wildman–Crippen MR) is 49.9 cm³/mol. The third kappa shape index (κ3) is 2.91. The lowest BCUT2D eigenvalue weighted by atomic mass is 9.87. The van der Waals surface area contributed by atoms with Crippen LogP contribution in [0.25, 0.3) is 0 Å². The molecule has 0 fully saturated rings. The smallest absolute Gasteiger partial charge is 0.126 e. The minimum atomic E-state index is -0.610. The lowest BCUT2D eigenvalue weighted by Crippen LogP contribution is -2.16. The van der Waals surface area contributed by atoms with Crippen molar-refractivity contribution in [3.8, 4) is 0 Å². The van der Waals surface area contributed by atoms with Gasteiger partial charge in [0.25, 0.3) is 0 Å². The van der Waals surface area contributed by atoms with Crippen LogP contribution in [0.5, 0.6) is 0 Å². The molecule has 1 nitrogen and oxygen atoms in total. The first kappa shape index (κ1) is 10.8. The van der Waals surface area contributed by atoms with Gasteiger partial charge in [0, 0.05) is 11.5 Å². The molecule has 1 aromatic carbocycles. The molecular weight excluding hydrogens is 186 g/mol. The van der Waals surface area contributed by atoms with Crippen LogP contribution in [-0.2, 0) is 11.2 Å². The standard InChI is InChI=1S/C11H12F2O/c1-11(2,7-14)6-8-3-9(12)5-10(13)4-8/h3-5,7H,6H2,1-2H3. The molecule has 0 heterocycles. The quantitative estimate of drug-likeness (QED) is 0.682. The molecule has 0 aliphatic rings. The van der Waals surface area contributed by atoms with Gasteiger partial charge in [-0.05, 0) is 24.1 Å². The molecule has 0 bridgehead atoms. The fourth-order valence-electron chi connectivity index (χ4n) is 1.28. The van der Waals surface area contributed by atoms with Crippen LogP contribution in [0.4, 0.5) is 8.78 Å². The Morgan fingerprint density at radius 2 is 1.71 bits per heavy atom. The van der Waals surface area contributed by atoms with Crippen molar-refractivity contribution in [1.29, 1.82) is 0 Å². The summed E-state index contributed by atoms with van der Waals surface area (Å²) in [4.78, 5) is 10.6. The van der Waals surface area contributed by atoms with Crippen molar-refractivity contribution in [1.82, 2.24) is 0 Å². The number of hydrogen-bond donors (Lipinski definition) is 0. The highest BCUT2D eigenvalue weighted by molar-refractivity contribution is 5.58. The molecule has 0 saturated carbocycles. The van der Waals surface area contributed by atoms with Gasteiger partial charge < -0.3 is 4.79 Å². The molecule has 0 atom stereocenters. The summed E-state index contributed by atoms with van der Waals surface area (Å²) in [7, 11) is 0. The number of aldehydes is 1. The largest absolute Gasteiger partial charge is 0.303 e. The normalized spacial score (nSPS) is 11.4. The number of hydrogen-bond acceptors (Lipinski definition) is 1. The summed E-state index contributed by atoms with van der Waals surface area (Å²) in [5.41, 5.74) is -0.0835. The second-order valence-corrected chi connectivity index (χ2v) is 4.06. The summed E-state index contributed by atoms with van der Waals surface area (Å²) >= 11 is 0. The number of rotatable bonds is 3. The molecule has 0 saturated heterocycles. The summed E-state index contributed by atoms with van der Waals surface area (Å²) in [5.74, 6) is -1.22. The Morgan fingerprint density at radius 1 is 1.21 bits per heavy atom. The van der Waals surface area contributed by atoms with E-state index >= 15 is 0 Å². The molecule has 0 spiro atoms. The van der Waals surface area contributed by atoms with Crippen LogP contribution in [0.15, 0.2) is 18.2 Å². The highest BCUT2D eigenvalue weighted by Gasteiger charge is 2.17. The lowest BCUT2D eigenvalue weighted by molar-refractivity contribution is -0.114. The van der Waals surface area contributed by atoms with Gasteiger partial charge in [-0.3, -0.25) is 0 Å². The first-order valence-electron chi connectivity index (χ1n) is 4.34. The molecule has 1 rings (SSSR count). The number of benzene rings is 1. The van der Waals surface area contributed by atoms with Crippen molar-refractivity contribution in [3.05, 3.63) is 35.4 Å². The van der Waals surface area contributed by atoms with E-state index in [0.717, 1.165) is 12.4 Å². The zero-order valence-corrected chi connectivity index (χ0v) is 8.18. The first-order chi connectivity index (χ1) is 6.43. The second kappa shape index (κ2) is 3.86. The minimum absolute atomic E-state index is 0.338. The predicted octanol–water partition coefficient (Wildman–Crippen LogP) is 2.73. The molecule has 3 heteroatoms. The van der Waals surface area contributed by atoms with Gasteiger partial charge in [0.05, 0.1) is 0 Å². The van der Waals surface area contributed by atoms with Crippen LogP contribution in [0.2, 0.25) is 0 Å². The third-order valence-electron chi connectivity index (χ3n) is 1.90. The zero-order chi connectivity index (χ0) is 10.8. The maximum absolute atomic E-state index is 12.8. The average Bonchev–Trinajstić information content (AvgIpc) is 2.01. The van der Waals surface area contributed by atoms with Crippen molar-refractivity contribution < 1.29 is 13.6 Å². The molecule has 0 unspecified atom stereocenters. The van der Waals surface area contributed by atoms with E-state index in [1.54, 1.807) is 13.8 Å². The molecule has 0 N–H and O–H groups in total. The van der Waals surface area contributed by atoms with E-state index in [2.05, 4.69) is 0 Å². The Kier molecular flexibility index (Phi) is 2.99. The lowest BCUT2D eigenvalue weighted by Gasteiger charge is -2.16. The van der Waals surface area contributed by atoms with E-state index in [0.29, 0.717) is 12.0 Å². The van der Waals surface area contributed by atoms with Crippen molar-refractivity contribution >= 4 is 6.29 Å². The van der Waals surface area contributed by atoms with Gasteiger partial charge >= 0.3 is 0 Å². The fraction of sp³-hybridized carbons (Fsp3) is 0.364. The Labute approximate surface area is 81.7 Å². The average molecular weight is 198 g/mol. The summed E-state index contributed by atoms with van der Waals surface area (Å²) in [6, 6.07) is 3.31.